The van der Waals surface area contributed by atoms with Crippen molar-refractivity contribution < 1.29 is 19.2 Å². The summed E-state index contributed by atoms with van der Waals surface area (Å²) in [4.78, 5) is 24.6. The summed E-state index contributed by atoms with van der Waals surface area (Å²) in [6, 6.07) is 1.11. The normalized spacial score (nSPS) is 17.0. The fourth-order valence-corrected chi connectivity index (χ4v) is 3.65. The largest absolute Gasteiger partial charge is 0.465 e. The van der Waals surface area contributed by atoms with Gasteiger partial charge in [0.25, 0.3) is 0 Å². The van der Waals surface area contributed by atoms with E-state index in [1.165, 1.54) is 16.2 Å². The van der Waals surface area contributed by atoms with E-state index in [1.54, 1.807) is 6.07 Å². The summed E-state index contributed by atoms with van der Waals surface area (Å²) in [6.07, 6.45) is 1.14. The summed E-state index contributed by atoms with van der Waals surface area (Å²) in [5, 5.41) is 24.7. The van der Waals surface area contributed by atoms with Gasteiger partial charge in [-0.1, -0.05) is 58.0 Å². The molecule has 1 saturated heterocycles. The lowest BCUT2D eigenvalue weighted by Crippen LogP contribution is -2.49. The van der Waals surface area contributed by atoms with Gasteiger partial charge in [0.1, 0.15) is 16.8 Å². The number of nitrogens with one attached hydrogen (secondary N) is 1. The van der Waals surface area contributed by atoms with Crippen molar-refractivity contribution in [1.82, 2.24) is 20.3 Å². The van der Waals surface area contributed by atoms with E-state index in [4.69, 9.17) is 15.4 Å². The molecule has 1 atom stereocenters. The Balaban J connectivity index is 0.000000285. The van der Waals surface area contributed by atoms with Crippen LogP contribution in [-0.2, 0) is 15.6 Å². The molecule has 1 fully saturated rings. The van der Waals surface area contributed by atoms with Gasteiger partial charge >= 0.3 is 6.09 Å². The van der Waals surface area contributed by atoms with Crippen LogP contribution in [-0.4, -0.2) is 49.9 Å². The third-order valence-electron chi connectivity index (χ3n) is 4.62. The van der Waals surface area contributed by atoms with Crippen LogP contribution in [0.2, 0.25) is 0 Å². The maximum atomic E-state index is 12.3. The molecule has 172 valence electrons. The van der Waals surface area contributed by atoms with Gasteiger partial charge < -0.3 is 15.4 Å². The number of rotatable bonds is 2. The highest BCUT2D eigenvalue weighted by atomic mass is 32.1. The molecular weight excluding hydrogens is 420 g/mol. The molecule has 1 aliphatic heterocycles. The Hall–Kier alpha value is -2.69. The number of carbonyl (C=O) groups is 2. The van der Waals surface area contributed by atoms with Crippen molar-refractivity contribution in [2.75, 3.05) is 17.6 Å². The third kappa shape index (κ3) is 6.91. The van der Waals surface area contributed by atoms with Crippen LogP contribution in [0.25, 0.3) is 0 Å². The SMILES string of the molecule is CC(C)(C)c1cc(N)no1.CC(C)(C)c1nnc(NC(=O)[C@@H]2CCCCN2C(=O)O)s1. The predicted octanol–water partition coefficient (Wildman–Crippen LogP) is 3.86. The van der Waals surface area contributed by atoms with Crippen LogP contribution < -0.4 is 11.1 Å². The van der Waals surface area contributed by atoms with Crippen molar-refractivity contribution in [1.29, 1.82) is 0 Å². The minimum atomic E-state index is -1.05. The van der Waals surface area contributed by atoms with Gasteiger partial charge in [0.05, 0.1) is 0 Å². The van der Waals surface area contributed by atoms with Gasteiger partial charge in [-0.15, -0.1) is 10.2 Å². The number of anilines is 2. The second kappa shape index (κ2) is 9.63. The van der Waals surface area contributed by atoms with E-state index in [2.05, 4.69) is 20.7 Å². The molecule has 0 bridgehead atoms. The predicted molar refractivity (Wildman–Crippen MR) is 119 cm³/mol. The summed E-state index contributed by atoms with van der Waals surface area (Å²) in [5.74, 6) is 0.948. The molecule has 11 heteroatoms. The fraction of sp³-hybridized carbons (Fsp3) is 0.650. The summed E-state index contributed by atoms with van der Waals surface area (Å²) in [6.45, 7) is 12.6. The topological polar surface area (TPSA) is 147 Å². The van der Waals surface area contributed by atoms with Gasteiger partial charge in [-0.05, 0) is 19.3 Å². The molecule has 0 saturated carbocycles. The van der Waals surface area contributed by atoms with Crippen LogP contribution in [0.4, 0.5) is 15.7 Å². The van der Waals surface area contributed by atoms with Gasteiger partial charge in [0.2, 0.25) is 11.0 Å². The van der Waals surface area contributed by atoms with E-state index in [0.29, 0.717) is 23.9 Å². The maximum absolute atomic E-state index is 12.3. The highest BCUT2D eigenvalue weighted by molar-refractivity contribution is 7.15. The second-order valence-corrected chi connectivity index (χ2v) is 10.5. The van der Waals surface area contributed by atoms with Crippen LogP contribution >= 0.6 is 11.3 Å². The molecule has 1 aliphatic rings. The number of hydrogen-bond acceptors (Lipinski definition) is 8. The van der Waals surface area contributed by atoms with Crippen LogP contribution in [0, 0.1) is 0 Å². The zero-order chi connectivity index (χ0) is 23.4. The number of piperidine rings is 1. The summed E-state index contributed by atoms with van der Waals surface area (Å²) < 4.78 is 4.95. The maximum Gasteiger partial charge on any atom is 0.407 e. The van der Waals surface area contributed by atoms with Crippen LogP contribution in [0.15, 0.2) is 10.6 Å². The molecule has 0 aromatic carbocycles. The van der Waals surface area contributed by atoms with Crippen LogP contribution in [0.3, 0.4) is 0 Å². The molecule has 10 nitrogen and oxygen atoms in total. The first-order valence-corrected chi connectivity index (χ1v) is 11.0. The molecule has 2 aromatic rings. The first-order valence-electron chi connectivity index (χ1n) is 10.2. The Bertz CT molecular complexity index is 896. The zero-order valence-corrected chi connectivity index (χ0v) is 19.7. The molecule has 2 aromatic heterocycles. The van der Waals surface area contributed by atoms with E-state index >= 15 is 0 Å². The van der Waals surface area contributed by atoms with Crippen molar-refractivity contribution >= 4 is 34.3 Å². The number of nitrogens with two attached hydrogens (primary N) is 1. The van der Waals surface area contributed by atoms with Crippen molar-refractivity contribution in [3.05, 3.63) is 16.8 Å². The van der Waals surface area contributed by atoms with E-state index in [-0.39, 0.29) is 16.7 Å². The van der Waals surface area contributed by atoms with Crippen molar-refractivity contribution in [2.45, 2.75) is 77.7 Å². The lowest BCUT2D eigenvalue weighted by Gasteiger charge is -2.31. The fourth-order valence-electron chi connectivity index (χ4n) is 2.84. The molecule has 0 unspecified atom stereocenters. The number of nitrogens with zero attached hydrogens (tertiary/aromatic N) is 4. The van der Waals surface area contributed by atoms with Gasteiger partial charge in [-0.25, -0.2) is 4.79 Å². The summed E-state index contributed by atoms with van der Waals surface area (Å²) in [7, 11) is 0. The van der Waals surface area contributed by atoms with Crippen LogP contribution in [0.1, 0.15) is 71.6 Å². The first-order chi connectivity index (χ1) is 14.3. The average molecular weight is 453 g/mol. The lowest BCUT2D eigenvalue weighted by molar-refractivity contribution is -0.121. The van der Waals surface area contributed by atoms with E-state index < -0.39 is 12.1 Å². The highest BCUT2D eigenvalue weighted by Gasteiger charge is 2.32. The Kier molecular flexibility index (Phi) is 7.63. The Labute approximate surface area is 186 Å². The zero-order valence-electron chi connectivity index (χ0n) is 18.9. The van der Waals surface area contributed by atoms with E-state index in [1.807, 2.05) is 41.5 Å². The molecule has 0 aliphatic carbocycles. The minimum absolute atomic E-state index is 0.00458. The Morgan fingerprint density at radius 2 is 1.87 bits per heavy atom. The number of nitrogen functional groups attached to an aromatic ring is 1. The van der Waals surface area contributed by atoms with Crippen molar-refractivity contribution in [3.8, 4) is 0 Å². The molecule has 4 N–H and O–H groups in total. The lowest BCUT2D eigenvalue weighted by atomic mass is 9.93. The Morgan fingerprint density at radius 1 is 1.19 bits per heavy atom. The summed E-state index contributed by atoms with van der Waals surface area (Å²) >= 11 is 1.32. The smallest absolute Gasteiger partial charge is 0.407 e. The number of likely N-dealkylation sites (tertiary alicyclic amines) is 1. The molecule has 3 rings (SSSR count). The number of hydrogen-bond donors (Lipinski definition) is 3. The van der Waals surface area contributed by atoms with Gasteiger partial charge in [-0.2, -0.15) is 0 Å². The minimum Gasteiger partial charge on any atom is -0.465 e. The number of aromatic nitrogens is 3. The van der Waals surface area contributed by atoms with Gasteiger partial charge in [0, 0.05) is 23.4 Å². The molecule has 31 heavy (non-hydrogen) atoms. The quantitative estimate of drug-likeness (QED) is 0.622. The van der Waals surface area contributed by atoms with E-state index in [9.17, 15) is 9.59 Å². The molecule has 2 amide bonds. The van der Waals surface area contributed by atoms with E-state index in [0.717, 1.165) is 23.6 Å². The van der Waals surface area contributed by atoms with Crippen molar-refractivity contribution in [3.63, 3.8) is 0 Å². The monoisotopic (exact) mass is 452 g/mol. The molecular formula is C20H32N6O4S. The first kappa shape index (κ1) is 24.6. The number of carboxylic acid groups (broad SMARTS) is 1. The molecule has 3 heterocycles. The van der Waals surface area contributed by atoms with Gasteiger partial charge in [0.15, 0.2) is 5.82 Å². The number of carbonyl (C=O) groups excluding carboxylic acids is 1. The molecule has 0 spiro atoms. The second-order valence-electron chi connectivity index (χ2n) is 9.51. The standard InChI is InChI=1S/C13H20N4O3S.C7H12N2O/c1-13(2,3)10-15-16-11(21-10)14-9(18)8-6-4-5-7-17(8)12(19)20;1-7(2,3)5-4-6(8)9-10-5/h8H,4-7H2,1-3H3,(H,19,20)(H,14,16,18);4H,1-3H3,(H2,8,9)/t8-;/m0./s1. The third-order valence-corrected chi connectivity index (χ3v) is 5.88. The van der Waals surface area contributed by atoms with Crippen molar-refractivity contribution in [2.24, 2.45) is 0 Å². The highest BCUT2D eigenvalue weighted by Crippen LogP contribution is 2.28. The average Bonchev–Trinajstić information content (AvgIpc) is 3.31. The number of amides is 2. The summed E-state index contributed by atoms with van der Waals surface area (Å²) in [5.41, 5.74) is 5.25. The molecule has 0 radical (unpaired) electrons. The van der Waals surface area contributed by atoms with Gasteiger partial charge in [-0.3, -0.25) is 15.0 Å². The van der Waals surface area contributed by atoms with Crippen LogP contribution in [0.5, 0.6) is 0 Å². The Morgan fingerprint density at radius 3 is 2.32 bits per heavy atom.